The molecule has 3 aliphatic rings. The van der Waals surface area contributed by atoms with Crippen molar-refractivity contribution in [2.24, 2.45) is 11.8 Å². The Labute approximate surface area is 248 Å². The molecule has 0 bridgehead atoms. The maximum atomic E-state index is 13.3. The highest BCUT2D eigenvalue weighted by atomic mass is 16.6. The second-order valence-electron chi connectivity index (χ2n) is 12.2. The van der Waals surface area contributed by atoms with Crippen molar-refractivity contribution >= 4 is 23.6 Å². The second kappa shape index (κ2) is 12.7. The summed E-state index contributed by atoms with van der Waals surface area (Å²) >= 11 is 0. The normalized spacial score (nSPS) is 21.0. The van der Waals surface area contributed by atoms with E-state index in [2.05, 4.69) is 4.90 Å². The summed E-state index contributed by atoms with van der Waals surface area (Å²) in [6, 6.07) is 9.64. The number of benzene rings is 1. The van der Waals surface area contributed by atoms with E-state index in [9.17, 15) is 19.6 Å². The van der Waals surface area contributed by atoms with E-state index >= 15 is 0 Å². The largest absolute Gasteiger partial charge is 0.618 e. The second-order valence-corrected chi connectivity index (χ2v) is 12.2. The monoisotopic (exact) mass is 577 g/mol. The van der Waals surface area contributed by atoms with Gasteiger partial charge in [0.25, 0.3) is 5.91 Å². The zero-order valence-electron chi connectivity index (χ0n) is 25.3. The molecular weight excluding hydrogens is 534 g/mol. The van der Waals surface area contributed by atoms with Gasteiger partial charge in [-0.15, -0.1) is 0 Å². The molecule has 0 aliphatic carbocycles. The number of anilines is 1. The van der Waals surface area contributed by atoms with E-state index in [1.54, 1.807) is 29.7 Å². The number of amides is 3. The number of aryl methyl sites for hydroxylation is 2. The van der Waals surface area contributed by atoms with Crippen LogP contribution in [0.5, 0.6) is 0 Å². The maximum absolute atomic E-state index is 13.3. The van der Waals surface area contributed by atoms with Crippen molar-refractivity contribution in [1.29, 1.82) is 0 Å². The van der Waals surface area contributed by atoms with E-state index in [0.29, 0.717) is 68.7 Å². The Kier molecular flexibility index (Phi) is 9.01. The molecule has 0 saturated carbocycles. The van der Waals surface area contributed by atoms with E-state index in [1.165, 1.54) is 6.20 Å². The van der Waals surface area contributed by atoms with Crippen LogP contribution in [0.3, 0.4) is 0 Å². The van der Waals surface area contributed by atoms with E-state index in [1.807, 2.05) is 43.0 Å². The molecule has 3 amide bonds. The molecule has 3 aliphatic heterocycles. The predicted octanol–water partition coefficient (Wildman–Crippen LogP) is 3.29. The van der Waals surface area contributed by atoms with Gasteiger partial charge < -0.3 is 24.6 Å². The zero-order chi connectivity index (χ0) is 30.0. The van der Waals surface area contributed by atoms with Crippen molar-refractivity contribution in [3.05, 3.63) is 64.1 Å². The van der Waals surface area contributed by atoms with Crippen LogP contribution < -0.4 is 9.63 Å². The number of piperidine rings is 1. The number of aromatic nitrogens is 1. The summed E-state index contributed by atoms with van der Waals surface area (Å²) < 4.78 is 6.69. The summed E-state index contributed by atoms with van der Waals surface area (Å²) in [4.78, 5) is 46.2. The highest BCUT2D eigenvalue weighted by molar-refractivity contribution is 5.96. The van der Waals surface area contributed by atoms with Gasteiger partial charge in [-0.1, -0.05) is 17.7 Å². The predicted molar refractivity (Wildman–Crippen MR) is 159 cm³/mol. The van der Waals surface area contributed by atoms with Crippen molar-refractivity contribution in [3.63, 3.8) is 0 Å². The molecule has 0 spiro atoms. The maximum Gasteiger partial charge on any atom is 0.414 e. The van der Waals surface area contributed by atoms with Gasteiger partial charge >= 0.3 is 6.09 Å². The smallest absolute Gasteiger partial charge is 0.414 e. The fourth-order valence-electron chi connectivity index (χ4n) is 6.69. The van der Waals surface area contributed by atoms with Crippen LogP contribution in [0.4, 0.5) is 10.5 Å². The lowest BCUT2D eigenvalue weighted by Gasteiger charge is -2.32. The topological polar surface area (TPSA) is 100 Å². The number of hydrogen-bond donors (Lipinski definition) is 0. The SMILES string of the molecule is CC(=O)N1CCC(OC(=O)N(CCCN2CC3CN(C(=O)c4c(C)cc[n+]([O-])c4C)CC3C2)c2ccc(C)cc2)CC1. The summed E-state index contributed by atoms with van der Waals surface area (Å²) in [6.45, 7) is 13.1. The van der Waals surface area contributed by atoms with Gasteiger partial charge in [0.15, 0.2) is 6.20 Å². The Morgan fingerprint density at radius 3 is 2.21 bits per heavy atom. The number of ether oxygens (including phenoxy) is 1. The summed E-state index contributed by atoms with van der Waals surface area (Å²) in [5.74, 6) is 0.841. The molecule has 0 radical (unpaired) electrons. The number of fused-ring (bicyclic) bond motifs is 1. The minimum absolute atomic E-state index is 0.0460. The minimum atomic E-state index is -0.335. The molecule has 2 aromatic rings. The quantitative estimate of drug-likeness (QED) is 0.370. The molecule has 226 valence electrons. The van der Waals surface area contributed by atoms with E-state index in [0.717, 1.165) is 47.6 Å². The molecule has 2 unspecified atom stereocenters. The van der Waals surface area contributed by atoms with E-state index < -0.39 is 0 Å². The summed E-state index contributed by atoms with van der Waals surface area (Å²) in [5.41, 5.74) is 3.77. The van der Waals surface area contributed by atoms with Gasteiger partial charge in [0.1, 0.15) is 11.7 Å². The van der Waals surface area contributed by atoms with Crippen LogP contribution in [0.1, 0.15) is 53.4 Å². The summed E-state index contributed by atoms with van der Waals surface area (Å²) in [5, 5.41) is 12.1. The van der Waals surface area contributed by atoms with Crippen LogP contribution in [0.15, 0.2) is 36.5 Å². The standard InChI is InChI=1S/C32H43N5O5/c1-22-6-8-28(9-7-22)36(32(40)42-29-11-15-34(16-12-29)25(4)38)14-5-13-33-18-26-20-35(21-27(26)19-33)31(39)30-23(2)10-17-37(41)24(30)3/h6-10,17,26-27,29H,5,11-16,18-21H2,1-4H3. The number of carbonyl (C=O) groups excluding carboxylic acids is 3. The number of carbonyl (C=O) groups is 3. The van der Waals surface area contributed by atoms with Crippen LogP contribution in [-0.4, -0.2) is 91.1 Å². The van der Waals surface area contributed by atoms with Gasteiger partial charge in [-0.3, -0.25) is 14.5 Å². The molecule has 0 N–H and O–H groups in total. The lowest BCUT2D eigenvalue weighted by atomic mass is 10.0. The highest BCUT2D eigenvalue weighted by Crippen LogP contribution is 2.32. The summed E-state index contributed by atoms with van der Waals surface area (Å²) in [7, 11) is 0. The molecule has 5 rings (SSSR count). The molecule has 10 nitrogen and oxygen atoms in total. The first-order valence-corrected chi connectivity index (χ1v) is 15.1. The first kappa shape index (κ1) is 29.8. The third-order valence-corrected chi connectivity index (χ3v) is 9.19. The van der Waals surface area contributed by atoms with Crippen LogP contribution >= 0.6 is 0 Å². The number of pyridine rings is 1. The van der Waals surface area contributed by atoms with Crippen LogP contribution in [0, 0.1) is 37.8 Å². The number of rotatable bonds is 7. The van der Waals surface area contributed by atoms with Gasteiger partial charge in [0.2, 0.25) is 11.6 Å². The average molecular weight is 578 g/mol. The fourth-order valence-corrected chi connectivity index (χ4v) is 6.69. The Morgan fingerprint density at radius 2 is 1.60 bits per heavy atom. The third-order valence-electron chi connectivity index (χ3n) is 9.19. The van der Waals surface area contributed by atoms with E-state index in [4.69, 9.17) is 4.74 Å². The fraction of sp³-hybridized carbons (Fsp3) is 0.562. The number of nitrogens with zero attached hydrogens (tertiary/aromatic N) is 5. The molecule has 2 atom stereocenters. The van der Waals surface area contributed by atoms with Gasteiger partial charge in [-0.25, -0.2) is 4.79 Å². The molecule has 10 heteroatoms. The van der Waals surface area contributed by atoms with Gasteiger partial charge in [-0.05, 0) is 56.3 Å². The first-order valence-electron chi connectivity index (χ1n) is 15.1. The average Bonchev–Trinajstić information content (AvgIpc) is 3.53. The Balaban J connectivity index is 1.14. The van der Waals surface area contributed by atoms with Crippen molar-refractivity contribution in [3.8, 4) is 0 Å². The zero-order valence-corrected chi connectivity index (χ0v) is 25.3. The van der Waals surface area contributed by atoms with Crippen molar-refractivity contribution in [2.75, 3.05) is 57.3 Å². The van der Waals surface area contributed by atoms with Crippen LogP contribution in [0.25, 0.3) is 0 Å². The minimum Gasteiger partial charge on any atom is -0.618 e. The number of hydrogen-bond acceptors (Lipinski definition) is 6. The van der Waals surface area contributed by atoms with Crippen LogP contribution in [-0.2, 0) is 9.53 Å². The molecule has 1 aromatic carbocycles. The molecular formula is C32H43N5O5. The lowest BCUT2D eigenvalue weighted by Crippen LogP contribution is -2.43. The lowest BCUT2D eigenvalue weighted by molar-refractivity contribution is -0.612. The first-order chi connectivity index (χ1) is 20.1. The Bertz CT molecular complexity index is 1290. The van der Waals surface area contributed by atoms with E-state index in [-0.39, 0.29) is 24.0 Å². The molecule has 3 saturated heterocycles. The van der Waals surface area contributed by atoms with Gasteiger partial charge in [0.05, 0.1) is 0 Å². The van der Waals surface area contributed by atoms with Crippen molar-refractivity contribution in [1.82, 2.24) is 14.7 Å². The molecule has 42 heavy (non-hydrogen) atoms. The van der Waals surface area contributed by atoms with Gasteiger partial charge in [0, 0.05) is 84.3 Å². The molecule has 1 aromatic heterocycles. The van der Waals surface area contributed by atoms with Crippen molar-refractivity contribution < 1.29 is 23.9 Å². The van der Waals surface area contributed by atoms with Crippen LogP contribution in [0.2, 0.25) is 0 Å². The molecule has 4 heterocycles. The Morgan fingerprint density at radius 1 is 0.952 bits per heavy atom. The Hall–Kier alpha value is -3.66. The highest BCUT2D eigenvalue weighted by Gasteiger charge is 2.42. The molecule has 3 fully saturated rings. The third kappa shape index (κ3) is 6.53. The van der Waals surface area contributed by atoms with Gasteiger partial charge in [-0.2, -0.15) is 4.73 Å². The van der Waals surface area contributed by atoms with Crippen molar-refractivity contribution in [2.45, 2.75) is 53.1 Å². The number of likely N-dealkylation sites (tertiary alicyclic amines) is 3. The summed E-state index contributed by atoms with van der Waals surface area (Å²) in [6.07, 6.45) is 3.05.